The highest BCUT2D eigenvalue weighted by Crippen LogP contribution is 2.21. The number of aromatic amines is 1. The number of rotatable bonds is 8. The number of hydrogen-bond acceptors (Lipinski definition) is 4. The second-order valence-corrected chi connectivity index (χ2v) is 15.1. The van der Waals surface area contributed by atoms with Gasteiger partial charge in [-0.1, -0.05) is 19.6 Å². The molecule has 1 saturated heterocycles. The van der Waals surface area contributed by atoms with E-state index in [1.54, 1.807) is 0 Å². The molecule has 176 valence electrons. The quantitative estimate of drug-likeness (QED) is 0.437. The minimum Gasteiger partial charge on any atom is -0.356 e. The SMILES string of the molecule is C[Si](C)(C)C[C@H](NC(=O)c1cc2cc(F)cc(F)c2[nH]1)C(=O)N[C@H](C#N)C[C@@H]1CCNC1=O. The van der Waals surface area contributed by atoms with E-state index in [1.807, 2.05) is 25.7 Å². The fourth-order valence-electron chi connectivity index (χ4n) is 3.92. The largest absolute Gasteiger partial charge is 0.356 e. The van der Waals surface area contributed by atoms with Crippen LogP contribution in [0.1, 0.15) is 23.3 Å². The number of nitrogens with zero attached hydrogens (tertiary/aromatic N) is 1. The van der Waals surface area contributed by atoms with Crippen LogP contribution in [0.3, 0.4) is 0 Å². The van der Waals surface area contributed by atoms with E-state index < -0.39 is 43.6 Å². The van der Waals surface area contributed by atoms with Gasteiger partial charge in [-0.3, -0.25) is 14.4 Å². The molecule has 1 aromatic carbocycles. The summed E-state index contributed by atoms with van der Waals surface area (Å²) in [6.07, 6.45) is 0.786. The van der Waals surface area contributed by atoms with Crippen molar-refractivity contribution in [1.29, 1.82) is 5.26 Å². The number of carbonyl (C=O) groups is 3. The van der Waals surface area contributed by atoms with Crippen LogP contribution < -0.4 is 16.0 Å². The summed E-state index contributed by atoms with van der Waals surface area (Å²) >= 11 is 0. The first-order chi connectivity index (χ1) is 15.5. The van der Waals surface area contributed by atoms with Gasteiger partial charge in [0, 0.05) is 32.0 Å². The van der Waals surface area contributed by atoms with Crippen LogP contribution in [-0.4, -0.2) is 49.4 Å². The fraction of sp³-hybridized carbons (Fsp3) is 0.455. The van der Waals surface area contributed by atoms with Crippen LogP contribution in [0.25, 0.3) is 10.9 Å². The topological polar surface area (TPSA) is 127 Å². The van der Waals surface area contributed by atoms with Gasteiger partial charge in [0.05, 0.1) is 11.6 Å². The molecule has 4 N–H and O–H groups in total. The molecule has 0 bridgehead atoms. The molecule has 0 unspecified atom stereocenters. The molecular formula is C22H27F2N5O3Si. The molecule has 33 heavy (non-hydrogen) atoms. The van der Waals surface area contributed by atoms with Crippen molar-refractivity contribution in [3.8, 4) is 6.07 Å². The fourth-order valence-corrected chi connectivity index (χ4v) is 5.43. The van der Waals surface area contributed by atoms with Gasteiger partial charge in [-0.2, -0.15) is 5.26 Å². The molecule has 0 aliphatic carbocycles. The van der Waals surface area contributed by atoms with Gasteiger partial charge in [-0.05, 0) is 31.0 Å². The molecule has 0 radical (unpaired) electrons. The molecule has 0 saturated carbocycles. The van der Waals surface area contributed by atoms with Gasteiger partial charge in [-0.15, -0.1) is 0 Å². The second-order valence-electron chi connectivity index (χ2n) is 9.53. The number of aromatic nitrogens is 1. The number of fused-ring (bicyclic) bond motifs is 1. The predicted molar refractivity (Wildman–Crippen MR) is 121 cm³/mol. The van der Waals surface area contributed by atoms with Crippen molar-refractivity contribution in [2.75, 3.05) is 6.54 Å². The number of H-pyrrole nitrogens is 1. The third kappa shape index (κ3) is 6.16. The van der Waals surface area contributed by atoms with E-state index in [4.69, 9.17) is 0 Å². The van der Waals surface area contributed by atoms with E-state index in [0.29, 0.717) is 25.1 Å². The molecule has 1 fully saturated rings. The third-order valence-electron chi connectivity index (χ3n) is 5.48. The Morgan fingerprint density at radius 3 is 2.58 bits per heavy atom. The van der Waals surface area contributed by atoms with Crippen LogP contribution in [0.4, 0.5) is 8.78 Å². The number of nitriles is 1. The molecule has 3 amide bonds. The Kier molecular flexibility index (Phi) is 7.17. The Bertz CT molecular complexity index is 1120. The van der Waals surface area contributed by atoms with Crippen LogP contribution in [0.15, 0.2) is 18.2 Å². The Morgan fingerprint density at radius 2 is 1.97 bits per heavy atom. The molecule has 1 aliphatic rings. The van der Waals surface area contributed by atoms with E-state index in [2.05, 4.69) is 20.9 Å². The summed E-state index contributed by atoms with van der Waals surface area (Å²) in [5.41, 5.74) is -0.0190. The number of halogens is 2. The maximum atomic E-state index is 14.0. The minimum absolute atomic E-state index is 0.00728. The van der Waals surface area contributed by atoms with Crippen molar-refractivity contribution in [3.05, 3.63) is 35.5 Å². The molecule has 3 rings (SSSR count). The van der Waals surface area contributed by atoms with Crippen LogP contribution >= 0.6 is 0 Å². The molecule has 8 nitrogen and oxygen atoms in total. The summed E-state index contributed by atoms with van der Waals surface area (Å²) in [5.74, 6) is -3.24. The van der Waals surface area contributed by atoms with Gasteiger partial charge >= 0.3 is 0 Å². The molecule has 2 heterocycles. The van der Waals surface area contributed by atoms with Crippen molar-refractivity contribution in [2.24, 2.45) is 5.92 Å². The van der Waals surface area contributed by atoms with Crippen molar-refractivity contribution in [3.63, 3.8) is 0 Å². The summed E-state index contributed by atoms with van der Waals surface area (Å²) in [7, 11) is -1.85. The van der Waals surface area contributed by atoms with E-state index >= 15 is 0 Å². The second kappa shape index (κ2) is 9.70. The van der Waals surface area contributed by atoms with Gasteiger partial charge in [0.15, 0.2) is 0 Å². The number of nitrogens with one attached hydrogen (secondary N) is 4. The lowest BCUT2D eigenvalue weighted by Gasteiger charge is -2.26. The summed E-state index contributed by atoms with van der Waals surface area (Å²) in [4.78, 5) is 40.3. The first-order valence-electron chi connectivity index (χ1n) is 10.7. The van der Waals surface area contributed by atoms with Crippen molar-refractivity contribution >= 4 is 36.7 Å². The van der Waals surface area contributed by atoms with Gasteiger partial charge in [0.1, 0.15) is 29.4 Å². The average molecular weight is 476 g/mol. The van der Waals surface area contributed by atoms with Crippen molar-refractivity contribution in [2.45, 2.75) is 50.6 Å². The highest BCUT2D eigenvalue weighted by atomic mass is 28.3. The summed E-state index contributed by atoms with van der Waals surface area (Å²) < 4.78 is 27.5. The predicted octanol–water partition coefficient (Wildman–Crippen LogP) is 2.42. The Labute approximate surface area is 191 Å². The molecule has 3 atom stereocenters. The van der Waals surface area contributed by atoms with Crippen LogP contribution in [0, 0.1) is 28.9 Å². The summed E-state index contributed by atoms with van der Waals surface area (Å²) in [6.45, 7) is 6.64. The smallest absolute Gasteiger partial charge is 0.268 e. The Balaban J connectivity index is 1.75. The zero-order chi connectivity index (χ0) is 24.3. The average Bonchev–Trinajstić information content (AvgIpc) is 3.32. The monoisotopic (exact) mass is 475 g/mol. The lowest BCUT2D eigenvalue weighted by Crippen LogP contribution is -2.52. The number of carbonyl (C=O) groups excluding carboxylic acids is 3. The molecular weight excluding hydrogens is 448 g/mol. The van der Waals surface area contributed by atoms with Gasteiger partial charge in [-0.25, -0.2) is 8.78 Å². The van der Waals surface area contributed by atoms with Gasteiger partial charge < -0.3 is 20.9 Å². The van der Waals surface area contributed by atoms with E-state index in [1.165, 1.54) is 6.07 Å². The van der Waals surface area contributed by atoms with E-state index in [9.17, 15) is 28.4 Å². The van der Waals surface area contributed by atoms with Crippen LogP contribution in [-0.2, 0) is 9.59 Å². The standard InChI is InChI=1S/C22H27F2N5O3Si/c1-33(2,3)11-18(22(32)27-15(10-25)7-12-4-5-26-20(12)30)29-21(31)17-8-13-6-14(23)9-16(24)19(13)28-17/h6,8-9,12,15,18,28H,4-5,7,11H2,1-3H3,(H,26,30)(H,27,32)(H,29,31)/t12-,15-,18-/m0/s1. The minimum atomic E-state index is -1.85. The first kappa shape index (κ1) is 24.4. The van der Waals surface area contributed by atoms with E-state index in [0.717, 1.165) is 6.07 Å². The number of benzene rings is 1. The highest BCUT2D eigenvalue weighted by molar-refractivity contribution is 6.76. The normalized spacial score (nSPS) is 17.8. The van der Waals surface area contributed by atoms with Crippen LogP contribution in [0.5, 0.6) is 0 Å². The Hall–Kier alpha value is -3.26. The van der Waals surface area contributed by atoms with Gasteiger partial charge in [0.2, 0.25) is 11.8 Å². The number of amides is 3. The highest BCUT2D eigenvalue weighted by Gasteiger charge is 2.32. The molecule has 1 aromatic heterocycles. The van der Waals surface area contributed by atoms with Crippen molar-refractivity contribution in [1.82, 2.24) is 20.9 Å². The third-order valence-corrected chi connectivity index (χ3v) is 7.12. The summed E-state index contributed by atoms with van der Waals surface area (Å²) in [6, 6.07) is 3.75. The molecule has 0 spiro atoms. The van der Waals surface area contributed by atoms with Crippen LogP contribution in [0.2, 0.25) is 25.7 Å². The first-order valence-corrected chi connectivity index (χ1v) is 14.4. The van der Waals surface area contributed by atoms with E-state index in [-0.39, 0.29) is 34.8 Å². The molecule has 11 heteroatoms. The maximum absolute atomic E-state index is 14.0. The zero-order valence-electron chi connectivity index (χ0n) is 18.7. The maximum Gasteiger partial charge on any atom is 0.268 e. The van der Waals surface area contributed by atoms with Gasteiger partial charge in [0.25, 0.3) is 5.91 Å². The molecule has 1 aliphatic heterocycles. The lowest BCUT2D eigenvalue weighted by atomic mass is 9.99. The lowest BCUT2D eigenvalue weighted by molar-refractivity contribution is -0.125. The summed E-state index contributed by atoms with van der Waals surface area (Å²) in [5, 5.41) is 17.7. The Morgan fingerprint density at radius 1 is 1.24 bits per heavy atom. The zero-order valence-corrected chi connectivity index (χ0v) is 19.7. The molecule has 2 aromatic rings. The number of hydrogen-bond donors (Lipinski definition) is 4. The van der Waals surface area contributed by atoms with Crippen molar-refractivity contribution < 1.29 is 23.2 Å².